The molecule has 29 heavy (non-hydrogen) atoms. The fourth-order valence-corrected chi connectivity index (χ4v) is 3.00. The van der Waals surface area contributed by atoms with Gasteiger partial charge in [-0.05, 0) is 39.8 Å². The van der Waals surface area contributed by atoms with E-state index in [4.69, 9.17) is 9.47 Å². The third-order valence-electron chi connectivity index (χ3n) is 3.99. The Labute approximate surface area is 167 Å². The third kappa shape index (κ3) is 5.13. The summed E-state index contributed by atoms with van der Waals surface area (Å²) in [6.07, 6.45) is -2.96. The number of benzene rings is 1. The number of nitrogens with zero attached hydrogens (tertiary/aromatic N) is 1. The lowest BCUT2D eigenvalue weighted by Crippen LogP contribution is -2.26. The molecule has 0 aliphatic rings. The van der Waals surface area contributed by atoms with Gasteiger partial charge in [-0.1, -0.05) is 18.2 Å². The quantitative estimate of drug-likeness (QED) is 0.544. The van der Waals surface area contributed by atoms with Gasteiger partial charge in [-0.25, -0.2) is 4.98 Å². The molecule has 0 bridgehead atoms. The number of H-pyrrole nitrogens is 1. The van der Waals surface area contributed by atoms with Gasteiger partial charge in [0.1, 0.15) is 5.82 Å². The average molecular weight is 407 g/mol. The van der Waals surface area contributed by atoms with Crippen LogP contribution in [0.3, 0.4) is 0 Å². The first-order chi connectivity index (χ1) is 13.6. The number of ether oxygens (including phenoxy) is 2. The van der Waals surface area contributed by atoms with Gasteiger partial charge in [-0.3, -0.25) is 0 Å². The van der Waals surface area contributed by atoms with E-state index in [1.165, 1.54) is 6.20 Å². The van der Waals surface area contributed by atoms with Gasteiger partial charge in [0.25, 0.3) is 5.88 Å². The monoisotopic (exact) mass is 407 g/mol. The van der Waals surface area contributed by atoms with Crippen LogP contribution in [0.1, 0.15) is 27.7 Å². The van der Waals surface area contributed by atoms with E-state index in [1.54, 1.807) is 13.0 Å². The molecule has 156 valence electrons. The van der Waals surface area contributed by atoms with E-state index in [0.29, 0.717) is 5.56 Å². The number of nitrogens with one attached hydrogen (secondary N) is 2. The van der Waals surface area contributed by atoms with E-state index in [0.717, 1.165) is 22.3 Å². The largest absolute Gasteiger partial charge is 0.488 e. The maximum atomic E-state index is 12.5. The zero-order valence-corrected chi connectivity index (χ0v) is 16.8. The predicted molar refractivity (Wildman–Crippen MR) is 108 cm³/mol. The molecule has 0 aliphatic heterocycles. The van der Waals surface area contributed by atoms with Crippen molar-refractivity contribution >= 4 is 16.7 Å². The predicted octanol–water partition coefficient (Wildman–Crippen LogP) is 5.78. The van der Waals surface area contributed by atoms with Crippen molar-refractivity contribution in [3.8, 4) is 22.8 Å². The molecule has 2 aromatic heterocycles. The number of anilines is 1. The molecule has 8 heteroatoms. The molecule has 0 aliphatic carbocycles. The van der Waals surface area contributed by atoms with Gasteiger partial charge < -0.3 is 19.8 Å². The summed E-state index contributed by atoms with van der Waals surface area (Å²) in [7, 11) is 0. The van der Waals surface area contributed by atoms with Crippen LogP contribution >= 0.6 is 0 Å². The molecule has 0 radical (unpaired) electrons. The number of aromatic nitrogens is 2. The molecule has 0 unspecified atom stereocenters. The highest BCUT2D eigenvalue weighted by atomic mass is 19.4. The molecule has 2 heterocycles. The highest BCUT2D eigenvalue weighted by Crippen LogP contribution is 2.40. The first kappa shape index (κ1) is 20.8. The molecule has 0 saturated heterocycles. The number of halogens is 3. The van der Waals surface area contributed by atoms with Crippen molar-refractivity contribution in [2.75, 3.05) is 18.5 Å². The van der Waals surface area contributed by atoms with Gasteiger partial charge >= 0.3 is 6.18 Å². The lowest BCUT2D eigenvalue weighted by Gasteiger charge is -2.22. The number of rotatable bonds is 6. The molecule has 2 N–H and O–H groups in total. The Kier molecular flexibility index (Phi) is 5.64. The molecule has 0 amide bonds. The summed E-state index contributed by atoms with van der Waals surface area (Å²) in [6.45, 7) is 6.72. The molecule has 0 spiro atoms. The number of hydrogen-bond donors (Lipinski definition) is 2. The Hall–Kier alpha value is -2.90. The van der Waals surface area contributed by atoms with Crippen LogP contribution in [0.5, 0.6) is 11.6 Å². The van der Waals surface area contributed by atoms with Crippen LogP contribution in [-0.2, 0) is 0 Å². The zero-order chi connectivity index (χ0) is 21.2. The zero-order valence-electron chi connectivity index (χ0n) is 16.8. The molecule has 0 atom stereocenters. The number of pyridine rings is 1. The molecular weight excluding hydrogens is 383 g/mol. The second-order valence-corrected chi connectivity index (χ2v) is 7.66. The average Bonchev–Trinajstić information content (AvgIpc) is 2.96. The Morgan fingerprint density at radius 2 is 1.83 bits per heavy atom. The SMILES string of the molecule is CCOc1cc(-c2c(NC(C)(C)C)[nH]c3ccccc23)cnc1OCC(F)(F)F. The van der Waals surface area contributed by atoms with Gasteiger partial charge in [0, 0.05) is 33.8 Å². The minimum absolute atomic E-state index is 0.168. The smallest absolute Gasteiger partial charge is 0.422 e. The normalized spacial score (nSPS) is 12.2. The van der Waals surface area contributed by atoms with Gasteiger partial charge in [-0.15, -0.1) is 0 Å². The minimum Gasteiger partial charge on any atom is -0.488 e. The van der Waals surface area contributed by atoms with Crippen molar-refractivity contribution in [3.05, 3.63) is 36.5 Å². The standard InChI is InChI=1S/C21H24F3N3O2/c1-5-28-16-10-13(11-25-19(16)29-12-21(22,23)24)17-14-8-6-7-9-15(14)26-18(17)27-20(2,3)4/h6-11,26-27H,5,12H2,1-4H3. The van der Waals surface area contributed by atoms with Crippen molar-refractivity contribution in [2.45, 2.75) is 39.4 Å². The lowest BCUT2D eigenvalue weighted by molar-refractivity contribution is -0.154. The second-order valence-electron chi connectivity index (χ2n) is 7.66. The van der Waals surface area contributed by atoms with Gasteiger partial charge in [-0.2, -0.15) is 13.2 Å². The van der Waals surface area contributed by atoms with Crippen molar-refractivity contribution in [3.63, 3.8) is 0 Å². The van der Waals surface area contributed by atoms with Crippen LogP contribution in [0.15, 0.2) is 36.5 Å². The molecule has 0 fully saturated rings. The van der Waals surface area contributed by atoms with Crippen molar-refractivity contribution in [1.82, 2.24) is 9.97 Å². The summed E-state index contributed by atoms with van der Waals surface area (Å²) < 4.78 is 48.0. The topological polar surface area (TPSA) is 59.2 Å². The van der Waals surface area contributed by atoms with E-state index in [1.807, 2.05) is 45.0 Å². The molecule has 5 nitrogen and oxygen atoms in total. The van der Waals surface area contributed by atoms with Gasteiger partial charge in [0.2, 0.25) is 0 Å². The maximum Gasteiger partial charge on any atom is 0.422 e. The van der Waals surface area contributed by atoms with Crippen molar-refractivity contribution in [1.29, 1.82) is 0 Å². The molecular formula is C21H24F3N3O2. The number of fused-ring (bicyclic) bond motifs is 1. The highest BCUT2D eigenvalue weighted by Gasteiger charge is 2.29. The first-order valence-corrected chi connectivity index (χ1v) is 9.29. The lowest BCUT2D eigenvalue weighted by atomic mass is 10.0. The van der Waals surface area contributed by atoms with E-state index in [-0.39, 0.29) is 23.8 Å². The van der Waals surface area contributed by atoms with Crippen molar-refractivity contribution < 1.29 is 22.6 Å². The Balaban J connectivity index is 2.09. The minimum atomic E-state index is -4.45. The second kappa shape index (κ2) is 7.85. The van der Waals surface area contributed by atoms with Gasteiger partial charge in [0.15, 0.2) is 12.4 Å². The number of alkyl halides is 3. The van der Waals surface area contributed by atoms with E-state index >= 15 is 0 Å². The van der Waals surface area contributed by atoms with Gasteiger partial charge in [0.05, 0.1) is 6.61 Å². The van der Waals surface area contributed by atoms with Crippen LogP contribution in [-0.4, -0.2) is 34.9 Å². The number of para-hydroxylation sites is 1. The molecule has 3 aromatic rings. The van der Waals surface area contributed by atoms with E-state index in [9.17, 15) is 13.2 Å². The molecule has 3 rings (SSSR count). The van der Waals surface area contributed by atoms with Crippen LogP contribution < -0.4 is 14.8 Å². The van der Waals surface area contributed by atoms with Crippen molar-refractivity contribution in [2.24, 2.45) is 0 Å². The summed E-state index contributed by atoms with van der Waals surface area (Å²) in [5, 5.41) is 4.41. The number of aromatic amines is 1. The summed E-state index contributed by atoms with van der Waals surface area (Å²) >= 11 is 0. The maximum absolute atomic E-state index is 12.5. The van der Waals surface area contributed by atoms with Crippen LogP contribution in [0.2, 0.25) is 0 Å². The van der Waals surface area contributed by atoms with Crippen LogP contribution in [0.25, 0.3) is 22.0 Å². The Bertz CT molecular complexity index is 991. The third-order valence-corrected chi connectivity index (χ3v) is 3.99. The van der Waals surface area contributed by atoms with Crippen LogP contribution in [0, 0.1) is 0 Å². The molecule has 1 aromatic carbocycles. The fraction of sp³-hybridized carbons (Fsp3) is 0.381. The Morgan fingerprint density at radius 3 is 2.48 bits per heavy atom. The molecule has 0 saturated carbocycles. The summed E-state index contributed by atoms with van der Waals surface area (Å²) in [5.41, 5.74) is 2.30. The van der Waals surface area contributed by atoms with Crippen LogP contribution in [0.4, 0.5) is 19.0 Å². The number of hydrogen-bond acceptors (Lipinski definition) is 4. The fourth-order valence-electron chi connectivity index (χ4n) is 3.00. The summed E-state index contributed by atoms with van der Waals surface area (Å²) in [4.78, 5) is 7.48. The Morgan fingerprint density at radius 1 is 1.10 bits per heavy atom. The van der Waals surface area contributed by atoms with E-state index < -0.39 is 12.8 Å². The summed E-state index contributed by atoms with van der Waals surface area (Å²) in [5.74, 6) is 0.784. The van der Waals surface area contributed by atoms with E-state index in [2.05, 4.69) is 15.3 Å². The first-order valence-electron chi connectivity index (χ1n) is 9.29. The summed E-state index contributed by atoms with van der Waals surface area (Å²) in [6, 6.07) is 9.46. The highest BCUT2D eigenvalue weighted by molar-refractivity contribution is 6.02.